The van der Waals surface area contributed by atoms with Crippen LogP contribution in [-0.4, -0.2) is 35.8 Å². The normalized spacial score (nSPS) is 10.4. The molecule has 0 aliphatic carbocycles. The van der Waals surface area contributed by atoms with E-state index < -0.39 is 0 Å². The summed E-state index contributed by atoms with van der Waals surface area (Å²) in [4.78, 5) is 31.8. The minimum atomic E-state index is -0.248. The number of nitrogens with one attached hydrogen (secondary N) is 1. The van der Waals surface area contributed by atoms with Crippen LogP contribution < -0.4 is 5.32 Å². The number of amides is 2. The van der Waals surface area contributed by atoms with E-state index in [1.165, 1.54) is 4.90 Å². The van der Waals surface area contributed by atoms with Crippen LogP contribution in [0.3, 0.4) is 0 Å². The van der Waals surface area contributed by atoms with Gasteiger partial charge in [-0.1, -0.05) is 12.1 Å². The van der Waals surface area contributed by atoms with Gasteiger partial charge in [0.15, 0.2) is 0 Å². The molecule has 0 spiro atoms. The molecule has 26 heavy (non-hydrogen) atoms. The Morgan fingerprint density at radius 2 is 1.88 bits per heavy atom. The molecular formula is C20H19N3O2S. The highest BCUT2D eigenvalue weighted by Crippen LogP contribution is 2.24. The van der Waals surface area contributed by atoms with Crippen molar-refractivity contribution in [1.82, 2.24) is 9.88 Å². The highest BCUT2D eigenvalue weighted by atomic mass is 32.1. The Balaban J connectivity index is 1.80. The number of benzene rings is 1. The Morgan fingerprint density at radius 1 is 1.08 bits per heavy atom. The number of aromatic nitrogens is 1. The molecule has 1 aromatic carbocycles. The van der Waals surface area contributed by atoms with Crippen molar-refractivity contribution < 1.29 is 9.59 Å². The summed E-state index contributed by atoms with van der Waals surface area (Å²) in [6.45, 7) is 1.82. The lowest BCUT2D eigenvalue weighted by atomic mass is 10.1. The van der Waals surface area contributed by atoms with Gasteiger partial charge in [0, 0.05) is 25.3 Å². The number of thiophene rings is 1. The number of hydrogen-bond donors (Lipinski definition) is 1. The second kappa shape index (κ2) is 7.49. The van der Waals surface area contributed by atoms with Crippen LogP contribution in [0.4, 0.5) is 5.69 Å². The summed E-state index contributed by atoms with van der Waals surface area (Å²) in [5.41, 5.74) is 3.12. The fourth-order valence-corrected chi connectivity index (χ4v) is 3.24. The molecule has 2 aromatic heterocycles. The van der Waals surface area contributed by atoms with Crippen molar-refractivity contribution in [2.45, 2.75) is 6.92 Å². The number of rotatable bonds is 4. The molecule has 0 unspecified atom stereocenters. The van der Waals surface area contributed by atoms with Gasteiger partial charge in [0.25, 0.3) is 11.8 Å². The first-order valence-electron chi connectivity index (χ1n) is 8.10. The average molecular weight is 365 g/mol. The third-order valence-electron chi connectivity index (χ3n) is 3.88. The highest BCUT2D eigenvalue weighted by Gasteiger charge is 2.14. The van der Waals surface area contributed by atoms with Crippen LogP contribution in [0.2, 0.25) is 0 Å². The van der Waals surface area contributed by atoms with Gasteiger partial charge >= 0.3 is 0 Å². The van der Waals surface area contributed by atoms with Crippen LogP contribution >= 0.6 is 11.3 Å². The lowest BCUT2D eigenvalue weighted by Crippen LogP contribution is -2.22. The quantitative estimate of drug-likeness (QED) is 0.758. The molecule has 2 amide bonds. The van der Waals surface area contributed by atoms with Crippen LogP contribution in [0, 0.1) is 6.92 Å². The third kappa shape index (κ3) is 3.81. The van der Waals surface area contributed by atoms with E-state index >= 15 is 0 Å². The number of pyridine rings is 1. The summed E-state index contributed by atoms with van der Waals surface area (Å²) in [7, 11) is 3.38. The van der Waals surface area contributed by atoms with E-state index in [-0.39, 0.29) is 11.8 Å². The van der Waals surface area contributed by atoms with Crippen LogP contribution in [0.25, 0.3) is 10.6 Å². The Hall–Kier alpha value is -2.99. The predicted molar refractivity (Wildman–Crippen MR) is 105 cm³/mol. The van der Waals surface area contributed by atoms with Crippen LogP contribution in [-0.2, 0) is 0 Å². The largest absolute Gasteiger partial charge is 0.345 e. The lowest BCUT2D eigenvalue weighted by molar-refractivity contribution is 0.0827. The number of hydrogen-bond acceptors (Lipinski definition) is 4. The van der Waals surface area contributed by atoms with E-state index in [0.717, 1.165) is 10.6 Å². The standard InChI is InChI=1S/C20H19N3O2S/c1-13-16(9-10-17(21-13)18-8-5-11-26-18)19(24)22-15-7-4-6-14(12-15)20(25)23(2)3/h4-12H,1-3H3,(H,22,24). The molecule has 0 saturated carbocycles. The maximum absolute atomic E-state index is 12.6. The topological polar surface area (TPSA) is 62.3 Å². The van der Waals surface area contributed by atoms with Gasteiger partial charge in [0.2, 0.25) is 0 Å². The van der Waals surface area contributed by atoms with Crippen molar-refractivity contribution in [3.63, 3.8) is 0 Å². The first-order valence-corrected chi connectivity index (χ1v) is 8.98. The summed E-state index contributed by atoms with van der Waals surface area (Å²) in [6, 6.07) is 14.5. The van der Waals surface area contributed by atoms with E-state index in [4.69, 9.17) is 0 Å². The molecule has 3 aromatic rings. The molecule has 0 bridgehead atoms. The molecule has 0 radical (unpaired) electrons. The van der Waals surface area contributed by atoms with Crippen molar-refractivity contribution >= 4 is 28.8 Å². The fourth-order valence-electron chi connectivity index (χ4n) is 2.55. The van der Waals surface area contributed by atoms with Crippen LogP contribution in [0.5, 0.6) is 0 Å². The molecule has 1 N–H and O–H groups in total. The monoisotopic (exact) mass is 365 g/mol. The molecule has 2 heterocycles. The molecule has 3 rings (SSSR count). The molecule has 0 atom stereocenters. The van der Waals surface area contributed by atoms with Gasteiger partial charge in [0.05, 0.1) is 21.8 Å². The maximum atomic E-state index is 12.6. The maximum Gasteiger partial charge on any atom is 0.257 e. The van der Waals surface area contributed by atoms with Gasteiger partial charge in [-0.2, -0.15) is 0 Å². The summed E-state index contributed by atoms with van der Waals surface area (Å²) < 4.78 is 0. The van der Waals surface area contributed by atoms with E-state index in [0.29, 0.717) is 22.5 Å². The molecule has 0 saturated heterocycles. The Bertz CT molecular complexity index is 949. The summed E-state index contributed by atoms with van der Waals surface area (Å²) in [5, 5.41) is 4.84. The van der Waals surface area contributed by atoms with E-state index in [2.05, 4.69) is 10.3 Å². The number of aryl methyl sites for hydroxylation is 1. The minimum absolute atomic E-state index is 0.112. The minimum Gasteiger partial charge on any atom is -0.345 e. The summed E-state index contributed by atoms with van der Waals surface area (Å²) in [5.74, 6) is -0.360. The Kier molecular flexibility index (Phi) is 5.14. The van der Waals surface area contributed by atoms with Gasteiger partial charge in [-0.25, -0.2) is 0 Å². The molecular weight excluding hydrogens is 346 g/mol. The number of carbonyl (C=O) groups excluding carboxylic acids is 2. The number of anilines is 1. The second-order valence-electron chi connectivity index (χ2n) is 6.04. The second-order valence-corrected chi connectivity index (χ2v) is 6.99. The van der Waals surface area contributed by atoms with E-state index in [9.17, 15) is 9.59 Å². The zero-order valence-electron chi connectivity index (χ0n) is 14.8. The first-order chi connectivity index (χ1) is 12.5. The lowest BCUT2D eigenvalue weighted by Gasteiger charge is -2.12. The van der Waals surface area contributed by atoms with E-state index in [1.807, 2.05) is 30.5 Å². The van der Waals surface area contributed by atoms with Crippen LogP contribution in [0.1, 0.15) is 26.4 Å². The predicted octanol–water partition coefficient (Wildman–Crippen LogP) is 4.07. The zero-order chi connectivity index (χ0) is 18.7. The third-order valence-corrected chi connectivity index (χ3v) is 4.77. The summed E-state index contributed by atoms with van der Waals surface area (Å²) in [6.07, 6.45) is 0. The highest BCUT2D eigenvalue weighted by molar-refractivity contribution is 7.13. The molecule has 0 aliphatic heterocycles. The Morgan fingerprint density at radius 3 is 2.54 bits per heavy atom. The molecule has 0 fully saturated rings. The van der Waals surface area contributed by atoms with Gasteiger partial charge in [-0.05, 0) is 48.7 Å². The van der Waals surface area contributed by atoms with Crippen molar-refractivity contribution in [2.75, 3.05) is 19.4 Å². The fraction of sp³-hybridized carbons (Fsp3) is 0.150. The number of carbonyl (C=O) groups is 2. The van der Waals surface area contributed by atoms with Crippen molar-refractivity contribution in [3.05, 3.63) is 70.7 Å². The van der Waals surface area contributed by atoms with Gasteiger partial charge < -0.3 is 10.2 Å². The SMILES string of the molecule is Cc1nc(-c2cccs2)ccc1C(=O)Nc1cccc(C(=O)N(C)C)c1. The smallest absolute Gasteiger partial charge is 0.257 e. The number of nitrogens with zero attached hydrogens (tertiary/aromatic N) is 2. The Labute approximate surface area is 156 Å². The van der Waals surface area contributed by atoms with Crippen molar-refractivity contribution in [3.8, 4) is 10.6 Å². The van der Waals surface area contributed by atoms with Gasteiger partial charge in [-0.15, -0.1) is 11.3 Å². The van der Waals surface area contributed by atoms with E-state index in [1.54, 1.807) is 55.8 Å². The zero-order valence-corrected chi connectivity index (χ0v) is 15.6. The average Bonchev–Trinajstić information content (AvgIpc) is 3.15. The molecule has 6 heteroatoms. The van der Waals surface area contributed by atoms with Gasteiger partial charge in [0.1, 0.15) is 0 Å². The van der Waals surface area contributed by atoms with Crippen molar-refractivity contribution in [2.24, 2.45) is 0 Å². The van der Waals surface area contributed by atoms with Gasteiger partial charge in [-0.3, -0.25) is 14.6 Å². The summed E-state index contributed by atoms with van der Waals surface area (Å²) >= 11 is 1.61. The molecule has 132 valence electrons. The van der Waals surface area contributed by atoms with Crippen molar-refractivity contribution in [1.29, 1.82) is 0 Å². The molecule has 5 nitrogen and oxygen atoms in total. The first kappa shape index (κ1) is 17.8. The van der Waals surface area contributed by atoms with Crippen LogP contribution in [0.15, 0.2) is 53.9 Å². The molecule has 0 aliphatic rings.